The number of fused-ring (bicyclic) bond motifs is 7. The van der Waals surface area contributed by atoms with Crippen molar-refractivity contribution in [3.05, 3.63) is 231 Å². The van der Waals surface area contributed by atoms with Crippen LogP contribution >= 0.6 is 0 Å². The van der Waals surface area contributed by atoms with Gasteiger partial charge in [0.15, 0.2) is 0 Å². The van der Waals surface area contributed by atoms with Gasteiger partial charge in [-0.3, -0.25) is 0 Å². The number of hydrogen-bond donors (Lipinski definition) is 0. The Balaban J connectivity index is 1.01. The molecular weight excluding hydrogens is 741 g/mol. The molecule has 3 nitrogen and oxygen atoms in total. The van der Waals surface area contributed by atoms with Crippen LogP contribution in [0.1, 0.15) is 0 Å². The van der Waals surface area contributed by atoms with Gasteiger partial charge in [0, 0.05) is 44.2 Å². The van der Waals surface area contributed by atoms with E-state index < -0.39 is 0 Å². The molecule has 61 heavy (non-hydrogen) atoms. The Morgan fingerprint density at radius 2 is 0.918 bits per heavy atom. The van der Waals surface area contributed by atoms with Gasteiger partial charge in [-0.25, -0.2) is 0 Å². The summed E-state index contributed by atoms with van der Waals surface area (Å²) in [6, 6.07) is 82.9. The second-order valence-corrected chi connectivity index (χ2v) is 15.7. The zero-order chi connectivity index (χ0) is 40.3. The van der Waals surface area contributed by atoms with Crippen molar-refractivity contribution in [3.63, 3.8) is 0 Å². The highest BCUT2D eigenvalue weighted by atomic mass is 16.3. The van der Waals surface area contributed by atoms with E-state index in [0.717, 1.165) is 66.9 Å². The minimum absolute atomic E-state index is 0.879. The lowest BCUT2D eigenvalue weighted by molar-refractivity contribution is 0.669. The molecule has 0 saturated heterocycles. The molecular formula is C58H38N2O. The Labute approximate surface area is 353 Å². The highest BCUT2D eigenvalue weighted by Gasteiger charge is 2.21. The first kappa shape index (κ1) is 34.9. The number of nitrogens with zero attached hydrogens (tertiary/aromatic N) is 2. The zero-order valence-electron chi connectivity index (χ0n) is 33.2. The Bertz CT molecular complexity index is 3530. The molecule has 0 aliphatic carbocycles. The van der Waals surface area contributed by atoms with Crippen LogP contribution in [0.4, 0.5) is 17.1 Å². The van der Waals surface area contributed by atoms with Gasteiger partial charge in [-0.05, 0) is 105 Å². The second-order valence-electron chi connectivity index (χ2n) is 15.7. The molecule has 0 aliphatic heterocycles. The predicted octanol–water partition coefficient (Wildman–Crippen LogP) is 16.3. The smallest absolute Gasteiger partial charge is 0.136 e. The molecule has 0 radical (unpaired) electrons. The van der Waals surface area contributed by atoms with Crippen LogP contribution in [0.2, 0.25) is 0 Å². The fourth-order valence-corrected chi connectivity index (χ4v) is 9.42. The molecule has 0 saturated carbocycles. The molecule has 0 amide bonds. The third-order valence-electron chi connectivity index (χ3n) is 12.2. The monoisotopic (exact) mass is 778 g/mol. The van der Waals surface area contributed by atoms with Crippen LogP contribution in [-0.4, -0.2) is 4.57 Å². The van der Waals surface area contributed by atoms with Crippen LogP contribution in [0.5, 0.6) is 0 Å². The molecule has 10 aromatic carbocycles. The number of hydrogen-bond acceptors (Lipinski definition) is 2. The maximum Gasteiger partial charge on any atom is 0.136 e. The van der Waals surface area contributed by atoms with Crippen molar-refractivity contribution in [1.29, 1.82) is 0 Å². The molecule has 12 rings (SSSR count). The quantitative estimate of drug-likeness (QED) is 0.161. The molecule has 0 unspecified atom stereocenters. The van der Waals surface area contributed by atoms with E-state index in [9.17, 15) is 0 Å². The van der Waals surface area contributed by atoms with Crippen LogP contribution in [0.3, 0.4) is 0 Å². The predicted molar refractivity (Wildman–Crippen MR) is 257 cm³/mol. The molecule has 0 spiro atoms. The molecule has 0 bridgehead atoms. The van der Waals surface area contributed by atoms with E-state index in [4.69, 9.17) is 4.42 Å². The minimum Gasteiger partial charge on any atom is -0.456 e. The maximum atomic E-state index is 6.40. The van der Waals surface area contributed by atoms with Gasteiger partial charge >= 0.3 is 0 Å². The average molecular weight is 779 g/mol. The van der Waals surface area contributed by atoms with Gasteiger partial charge in [0.05, 0.1) is 16.7 Å². The summed E-state index contributed by atoms with van der Waals surface area (Å²) in [4.78, 5) is 2.40. The van der Waals surface area contributed by atoms with E-state index >= 15 is 0 Å². The lowest BCUT2D eigenvalue weighted by Gasteiger charge is -2.28. The van der Waals surface area contributed by atoms with Gasteiger partial charge in [-0.15, -0.1) is 0 Å². The number of furan rings is 1. The van der Waals surface area contributed by atoms with Gasteiger partial charge < -0.3 is 13.9 Å². The third-order valence-corrected chi connectivity index (χ3v) is 12.2. The average Bonchev–Trinajstić information content (AvgIpc) is 3.88. The molecule has 2 heterocycles. The van der Waals surface area contributed by atoms with Crippen LogP contribution in [0, 0.1) is 0 Å². The van der Waals surface area contributed by atoms with Crippen molar-refractivity contribution < 1.29 is 4.42 Å². The zero-order valence-corrected chi connectivity index (χ0v) is 33.2. The van der Waals surface area contributed by atoms with E-state index in [1.54, 1.807) is 0 Å². The van der Waals surface area contributed by atoms with Crippen molar-refractivity contribution in [2.75, 3.05) is 4.90 Å². The van der Waals surface area contributed by atoms with Crippen LogP contribution in [-0.2, 0) is 0 Å². The highest BCUT2D eigenvalue weighted by molar-refractivity contribution is 6.14. The third kappa shape index (κ3) is 5.82. The molecule has 0 aliphatic rings. The fourth-order valence-electron chi connectivity index (χ4n) is 9.42. The summed E-state index contributed by atoms with van der Waals surface area (Å²) in [5, 5.41) is 7.24. The Morgan fingerprint density at radius 3 is 1.72 bits per heavy atom. The van der Waals surface area contributed by atoms with Crippen LogP contribution < -0.4 is 4.90 Å². The second kappa shape index (κ2) is 14.3. The summed E-state index contributed by atoms with van der Waals surface area (Å²) in [6.45, 7) is 0. The summed E-state index contributed by atoms with van der Waals surface area (Å²) in [6.07, 6.45) is 0. The fraction of sp³-hybridized carbons (Fsp3) is 0. The summed E-state index contributed by atoms with van der Waals surface area (Å²) in [5.41, 5.74) is 15.5. The summed E-state index contributed by atoms with van der Waals surface area (Å²) in [5.74, 6) is 0. The van der Waals surface area contributed by atoms with E-state index in [0.29, 0.717) is 0 Å². The van der Waals surface area contributed by atoms with Crippen molar-refractivity contribution in [2.24, 2.45) is 0 Å². The number of benzene rings is 10. The molecule has 3 heteroatoms. The van der Waals surface area contributed by atoms with Gasteiger partial charge in [-0.1, -0.05) is 164 Å². The molecule has 0 atom stereocenters. The molecule has 12 aromatic rings. The summed E-state index contributed by atoms with van der Waals surface area (Å²) >= 11 is 0. The number of para-hydroxylation sites is 4. The van der Waals surface area contributed by atoms with Crippen LogP contribution in [0.25, 0.3) is 93.6 Å². The number of aromatic nitrogens is 1. The SMILES string of the molecule is c1cc(-c2ccc(-c3cccc4ccccc34)cc2)cc(N(c2ccc(-n3c4ccccc4c4ccccc43)cc2)c2ccccc2-c2cccc3oc4ccccc4c23)c1. The standard InChI is InChI=1S/C58H38N2O/c1-2-18-46-40(14-1)15-12-23-47(46)41-32-30-39(31-33-41)42-16-11-17-45(38-42)59(43-34-36-44(37-35-43)60-54-26-8-3-19-48(54)49-20-4-9-27-55(49)60)53-25-7-5-21-50(53)51-24-13-29-57-58(51)52-22-6-10-28-56(52)61-57/h1-38H. The Hall–Kier alpha value is -8.14. The number of anilines is 3. The molecule has 0 fully saturated rings. The lowest BCUT2D eigenvalue weighted by Crippen LogP contribution is -2.11. The first-order valence-corrected chi connectivity index (χ1v) is 20.8. The van der Waals surface area contributed by atoms with Gasteiger partial charge in [0.25, 0.3) is 0 Å². The topological polar surface area (TPSA) is 21.3 Å². The van der Waals surface area contributed by atoms with Crippen molar-refractivity contribution in [3.8, 4) is 39.1 Å². The first-order valence-electron chi connectivity index (χ1n) is 20.8. The first-order chi connectivity index (χ1) is 30.3. The molecule has 0 N–H and O–H groups in total. The normalized spacial score (nSPS) is 11.6. The Morgan fingerprint density at radius 1 is 0.344 bits per heavy atom. The summed E-state index contributed by atoms with van der Waals surface area (Å²) in [7, 11) is 0. The Kier molecular flexibility index (Phi) is 8.17. The molecule has 2 aromatic heterocycles. The summed E-state index contributed by atoms with van der Waals surface area (Å²) < 4.78 is 8.78. The van der Waals surface area contributed by atoms with Gasteiger partial charge in [0.2, 0.25) is 0 Å². The van der Waals surface area contributed by atoms with E-state index in [1.807, 2.05) is 6.07 Å². The van der Waals surface area contributed by atoms with E-state index in [-0.39, 0.29) is 0 Å². The maximum absolute atomic E-state index is 6.40. The van der Waals surface area contributed by atoms with Gasteiger partial charge in [0.1, 0.15) is 11.2 Å². The van der Waals surface area contributed by atoms with Crippen molar-refractivity contribution in [1.82, 2.24) is 4.57 Å². The lowest BCUT2D eigenvalue weighted by atomic mass is 9.95. The minimum atomic E-state index is 0.879. The molecule has 286 valence electrons. The largest absolute Gasteiger partial charge is 0.456 e. The van der Waals surface area contributed by atoms with E-state index in [1.165, 1.54) is 43.7 Å². The van der Waals surface area contributed by atoms with Crippen molar-refractivity contribution >= 4 is 71.6 Å². The highest BCUT2D eigenvalue weighted by Crippen LogP contribution is 2.46. The number of rotatable bonds is 7. The van der Waals surface area contributed by atoms with Crippen LogP contribution in [0.15, 0.2) is 235 Å². The van der Waals surface area contributed by atoms with Crippen molar-refractivity contribution in [2.45, 2.75) is 0 Å². The van der Waals surface area contributed by atoms with Gasteiger partial charge in [-0.2, -0.15) is 0 Å². The van der Waals surface area contributed by atoms with E-state index in [2.05, 4.69) is 234 Å².